The molecule has 0 radical (unpaired) electrons. The van der Waals surface area contributed by atoms with Gasteiger partial charge in [0.25, 0.3) is 0 Å². The number of ether oxygens (including phenoxy) is 1. The number of nitrogen functional groups attached to an aromatic ring is 1. The Balaban J connectivity index is 2.43. The Morgan fingerprint density at radius 2 is 2.24 bits per heavy atom. The summed E-state index contributed by atoms with van der Waals surface area (Å²) in [6, 6.07) is 7.57. The van der Waals surface area contributed by atoms with E-state index in [1.165, 1.54) is 0 Å². The highest BCUT2D eigenvalue weighted by Gasteiger charge is 2.10. The van der Waals surface area contributed by atoms with Crippen molar-refractivity contribution in [2.45, 2.75) is 0 Å². The van der Waals surface area contributed by atoms with Gasteiger partial charge in [-0.25, -0.2) is 0 Å². The lowest BCUT2D eigenvalue weighted by Gasteiger charge is -2.11. The first-order chi connectivity index (χ1) is 8.22. The van der Waals surface area contributed by atoms with Gasteiger partial charge in [-0.05, 0) is 24.3 Å². The largest absolute Gasteiger partial charge is 0.492 e. The van der Waals surface area contributed by atoms with Gasteiger partial charge in [-0.3, -0.25) is 4.68 Å². The smallest absolute Gasteiger partial charge is 0.128 e. The topological polar surface area (TPSA) is 53.1 Å². The predicted molar refractivity (Wildman–Crippen MR) is 72.3 cm³/mol. The number of rotatable bonds is 4. The molecule has 0 fully saturated rings. The molecule has 0 atom stereocenters. The summed E-state index contributed by atoms with van der Waals surface area (Å²) in [6.07, 6.45) is 1.76. The fraction of sp³-hybridized carbons (Fsp3) is 0.250. The fourth-order valence-electron chi connectivity index (χ4n) is 1.66. The van der Waals surface area contributed by atoms with Crippen LogP contribution in [0, 0.1) is 0 Å². The van der Waals surface area contributed by atoms with E-state index in [4.69, 9.17) is 10.5 Å². The van der Waals surface area contributed by atoms with Crippen molar-refractivity contribution in [2.75, 3.05) is 17.7 Å². The molecule has 0 aliphatic heterocycles. The van der Waals surface area contributed by atoms with Crippen molar-refractivity contribution in [3.63, 3.8) is 0 Å². The van der Waals surface area contributed by atoms with E-state index in [1.54, 1.807) is 10.9 Å². The Bertz CT molecular complexity index is 510. The minimum absolute atomic E-state index is 0.620. The third-order valence-corrected chi connectivity index (χ3v) is 2.76. The minimum Gasteiger partial charge on any atom is -0.492 e. The molecule has 0 saturated heterocycles. The summed E-state index contributed by atoms with van der Waals surface area (Å²) < 4.78 is 7.48. The van der Waals surface area contributed by atoms with Gasteiger partial charge in [0.2, 0.25) is 0 Å². The van der Waals surface area contributed by atoms with Gasteiger partial charge in [0.1, 0.15) is 5.75 Å². The molecule has 90 valence electrons. The quantitative estimate of drug-likeness (QED) is 0.696. The van der Waals surface area contributed by atoms with E-state index in [-0.39, 0.29) is 0 Å². The zero-order valence-corrected chi connectivity index (χ0v) is 11.1. The summed E-state index contributed by atoms with van der Waals surface area (Å²) in [6.45, 7) is 0.620. The highest BCUT2D eigenvalue weighted by molar-refractivity contribution is 9.09. The molecule has 17 heavy (non-hydrogen) atoms. The van der Waals surface area contributed by atoms with E-state index in [9.17, 15) is 0 Å². The molecule has 4 nitrogen and oxygen atoms in total. The zero-order chi connectivity index (χ0) is 12.3. The molecule has 5 heteroatoms. The van der Waals surface area contributed by atoms with E-state index >= 15 is 0 Å². The van der Waals surface area contributed by atoms with Crippen molar-refractivity contribution < 1.29 is 4.74 Å². The minimum atomic E-state index is 0.620. The van der Waals surface area contributed by atoms with Gasteiger partial charge in [-0.1, -0.05) is 15.9 Å². The normalized spacial score (nSPS) is 10.5. The highest BCUT2D eigenvalue weighted by Crippen LogP contribution is 2.31. The second-order valence-electron chi connectivity index (χ2n) is 3.63. The van der Waals surface area contributed by atoms with Gasteiger partial charge in [0.05, 0.1) is 12.3 Å². The molecule has 1 aromatic carbocycles. The molecule has 0 aliphatic carbocycles. The number of alkyl halides is 1. The van der Waals surface area contributed by atoms with Gasteiger partial charge in [0.15, 0.2) is 0 Å². The summed E-state index contributed by atoms with van der Waals surface area (Å²) in [5.74, 6) is 0.822. The molecule has 0 bridgehead atoms. The average Bonchev–Trinajstić information content (AvgIpc) is 2.74. The Morgan fingerprint density at radius 1 is 1.41 bits per heavy atom. The second kappa shape index (κ2) is 5.23. The maximum Gasteiger partial charge on any atom is 0.128 e. The first kappa shape index (κ1) is 12.0. The van der Waals surface area contributed by atoms with Gasteiger partial charge in [-0.15, -0.1) is 0 Å². The number of anilines is 1. The van der Waals surface area contributed by atoms with E-state index in [1.807, 2.05) is 31.3 Å². The summed E-state index contributed by atoms with van der Waals surface area (Å²) >= 11 is 3.34. The van der Waals surface area contributed by atoms with Crippen molar-refractivity contribution in [3.8, 4) is 17.0 Å². The first-order valence-electron chi connectivity index (χ1n) is 5.29. The Kier molecular flexibility index (Phi) is 3.68. The average molecular weight is 296 g/mol. The molecule has 0 aliphatic rings. The maximum absolute atomic E-state index is 5.82. The molecule has 2 aromatic rings. The van der Waals surface area contributed by atoms with Crippen LogP contribution in [0.25, 0.3) is 11.3 Å². The lowest BCUT2D eigenvalue weighted by Crippen LogP contribution is -2.02. The van der Waals surface area contributed by atoms with Crippen molar-refractivity contribution in [1.29, 1.82) is 0 Å². The van der Waals surface area contributed by atoms with E-state index in [0.29, 0.717) is 12.3 Å². The zero-order valence-electron chi connectivity index (χ0n) is 9.56. The summed E-state index contributed by atoms with van der Waals surface area (Å²) in [5.41, 5.74) is 8.48. The Morgan fingerprint density at radius 3 is 2.88 bits per heavy atom. The highest BCUT2D eigenvalue weighted by atomic mass is 79.9. The molecule has 2 N–H and O–H groups in total. The molecule has 1 heterocycles. The van der Waals surface area contributed by atoms with Crippen LogP contribution in [-0.4, -0.2) is 21.7 Å². The third kappa shape index (κ3) is 2.61. The van der Waals surface area contributed by atoms with Crippen LogP contribution in [0.5, 0.6) is 5.75 Å². The van der Waals surface area contributed by atoms with Crippen LogP contribution >= 0.6 is 15.9 Å². The Labute approximate surface area is 109 Å². The molecular weight excluding hydrogens is 282 g/mol. The maximum atomic E-state index is 5.82. The lowest BCUT2D eigenvalue weighted by atomic mass is 10.1. The lowest BCUT2D eigenvalue weighted by molar-refractivity contribution is 0.346. The van der Waals surface area contributed by atoms with Crippen LogP contribution in [0.2, 0.25) is 0 Å². The van der Waals surface area contributed by atoms with Gasteiger partial charge >= 0.3 is 0 Å². The number of benzene rings is 1. The fourth-order valence-corrected chi connectivity index (χ4v) is 1.82. The van der Waals surface area contributed by atoms with Crippen molar-refractivity contribution >= 4 is 21.6 Å². The standard InChI is InChI=1S/C12H14BrN3O/c1-16-11(4-6-15-16)10-8-9(14)2-3-12(10)17-7-5-13/h2-4,6,8H,5,7,14H2,1H3. The van der Waals surface area contributed by atoms with Gasteiger partial charge in [0, 0.05) is 29.8 Å². The van der Waals surface area contributed by atoms with E-state index in [0.717, 1.165) is 22.3 Å². The molecule has 1 aromatic heterocycles. The molecule has 0 unspecified atom stereocenters. The number of nitrogens with two attached hydrogens (primary N) is 1. The van der Waals surface area contributed by atoms with E-state index in [2.05, 4.69) is 21.0 Å². The summed E-state index contributed by atoms with van der Waals surface area (Å²) in [4.78, 5) is 0. The number of hydrogen-bond donors (Lipinski definition) is 1. The van der Waals surface area contributed by atoms with Gasteiger partial charge < -0.3 is 10.5 Å². The predicted octanol–water partition coefficient (Wildman–Crippen LogP) is 2.44. The Hall–Kier alpha value is -1.49. The summed E-state index contributed by atoms with van der Waals surface area (Å²) in [5, 5.41) is 4.95. The van der Waals surface area contributed by atoms with Crippen LogP contribution in [0.3, 0.4) is 0 Å². The SMILES string of the molecule is Cn1nccc1-c1cc(N)ccc1OCCBr. The van der Waals surface area contributed by atoms with Crippen LogP contribution < -0.4 is 10.5 Å². The summed E-state index contributed by atoms with van der Waals surface area (Å²) in [7, 11) is 1.90. The molecule has 2 rings (SSSR count). The van der Waals surface area contributed by atoms with Crippen LogP contribution in [0.1, 0.15) is 0 Å². The number of hydrogen-bond acceptors (Lipinski definition) is 3. The monoisotopic (exact) mass is 295 g/mol. The van der Waals surface area contributed by atoms with E-state index < -0.39 is 0 Å². The second-order valence-corrected chi connectivity index (χ2v) is 4.43. The molecule has 0 saturated carbocycles. The number of aryl methyl sites for hydroxylation is 1. The number of aromatic nitrogens is 2. The molecule has 0 spiro atoms. The van der Waals surface area contributed by atoms with Crippen molar-refractivity contribution in [3.05, 3.63) is 30.5 Å². The molecular formula is C12H14BrN3O. The first-order valence-corrected chi connectivity index (χ1v) is 6.41. The van der Waals surface area contributed by atoms with Gasteiger partial charge in [-0.2, -0.15) is 5.10 Å². The molecule has 0 amide bonds. The number of halogens is 1. The van der Waals surface area contributed by atoms with Crippen LogP contribution in [0.15, 0.2) is 30.5 Å². The number of nitrogens with zero attached hydrogens (tertiary/aromatic N) is 2. The third-order valence-electron chi connectivity index (χ3n) is 2.44. The van der Waals surface area contributed by atoms with Crippen LogP contribution in [-0.2, 0) is 7.05 Å². The van der Waals surface area contributed by atoms with Crippen LogP contribution in [0.4, 0.5) is 5.69 Å². The van der Waals surface area contributed by atoms with Crippen molar-refractivity contribution in [1.82, 2.24) is 9.78 Å². The van der Waals surface area contributed by atoms with Crippen molar-refractivity contribution in [2.24, 2.45) is 7.05 Å².